The Hall–Kier alpha value is 0. The van der Waals surface area contributed by atoms with E-state index in [1.165, 1.54) is 51.4 Å². The fourth-order valence-electron chi connectivity index (χ4n) is 3.43. The van der Waals surface area contributed by atoms with E-state index in [0.29, 0.717) is 0 Å². The molecule has 0 aromatic heterocycles. The molecule has 122 valence electrons. The number of hydrogen-bond acceptors (Lipinski definition) is 0. The molecule has 0 aromatic carbocycles. The molecule has 5 atom stereocenters. The molecule has 0 bridgehead atoms. The highest BCUT2D eigenvalue weighted by Crippen LogP contribution is 2.32. The van der Waals surface area contributed by atoms with Crippen LogP contribution in [0.15, 0.2) is 0 Å². The molecular formula is C20H42. The molecular weight excluding hydrogens is 240 g/mol. The highest BCUT2D eigenvalue weighted by molar-refractivity contribution is 4.72. The lowest BCUT2D eigenvalue weighted by Gasteiger charge is -2.29. The topological polar surface area (TPSA) is 0 Å². The van der Waals surface area contributed by atoms with Crippen molar-refractivity contribution < 1.29 is 0 Å². The molecule has 0 aliphatic rings. The molecule has 0 heteroatoms. The van der Waals surface area contributed by atoms with Gasteiger partial charge in [0.05, 0.1) is 0 Å². The molecule has 0 rings (SSSR count). The van der Waals surface area contributed by atoms with Gasteiger partial charge >= 0.3 is 0 Å². The minimum atomic E-state index is 0.889. The van der Waals surface area contributed by atoms with Gasteiger partial charge in [0.15, 0.2) is 0 Å². The van der Waals surface area contributed by atoms with Crippen molar-refractivity contribution in [3.63, 3.8) is 0 Å². The van der Waals surface area contributed by atoms with Gasteiger partial charge in [-0.25, -0.2) is 0 Å². The van der Waals surface area contributed by atoms with E-state index in [9.17, 15) is 0 Å². The zero-order chi connectivity index (χ0) is 15.5. The van der Waals surface area contributed by atoms with Gasteiger partial charge < -0.3 is 0 Å². The average molecular weight is 283 g/mol. The van der Waals surface area contributed by atoms with E-state index in [-0.39, 0.29) is 0 Å². The molecule has 0 spiro atoms. The normalized spacial score (nSPS) is 19.4. The largest absolute Gasteiger partial charge is 0.0654 e. The van der Waals surface area contributed by atoms with Gasteiger partial charge in [0, 0.05) is 0 Å². The van der Waals surface area contributed by atoms with Crippen LogP contribution in [0.3, 0.4) is 0 Å². The summed E-state index contributed by atoms with van der Waals surface area (Å²) < 4.78 is 0. The van der Waals surface area contributed by atoms with Crippen LogP contribution < -0.4 is 0 Å². The zero-order valence-corrected chi connectivity index (χ0v) is 15.5. The SMILES string of the molecule is CCCC(CCCC(C)CC)C(C)CC(C)C(C)CC. The minimum absolute atomic E-state index is 0.889. The fourth-order valence-corrected chi connectivity index (χ4v) is 3.43. The lowest BCUT2D eigenvalue weighted by molar-refractivity contribution is 0.223. The Labute approximate surface area is 130 Å². The highest BCUT2D eigenvalue weighted by Gasteiger charge is 2.21. The van der Waals surface area contributed by atoms with Crippen molar-refractivity contribution in [3.05, 3.63) is 0 Å². The lowest BCUT2D eigenvalue weighted by atomic mass is 9.77. The monoisotopic (exact) mass is 282 g/mol. The van der Waals surface area contributed by atoms with Crippen molar-refractivity contribution in [3.8, 4) is 0 Å². The van der Waals surface area contributed by atoms with Crippen molar-refractivity contribution in [2.45, 2.75) is 99.8 Å². The summed E-state index contributed by atoms with van der Waals surface area (Å²) in [6.45, 7) is 16.8. The third kappa shape index (κ3) is 8.32. The quantitative estimate of drug-likeness (QED) is 0.351. The van der Waals surface area contributed by atoms with Crippen LogP contribution in [0.2, 0.25) is 0 Å². The smallest absolute Gasteiger partial charge is 0.0388 e. The van der Waals surface area contributed by atoms with E-state index in [4.69, 9.17) is 0 Å². The van der Waals surface area contributed by atoms with Crippen LogP contribution in [0, 0.1) is 29.6 Å². The Balaban J connectivity index is 4.20. The van der Waals surface area contributed by atoms with Gasteiger partial charge in [-0.05, 0) is 36.0 Å². The molecule has 0 saturated carbocycles. The summed E-state index contributed by atoms with van der Waals surface area (Å²) in [6.07, 6.45) is 11.3. The van der Waals surface area contributed by atoms with Crippen LogP contribution in [-0.2, 0) is 0 Å². The van der Waals surface area contributed by atoms with Crippen LogP contribution in [0.25, 0.3) is 0 Å². The maximum atomic E-state index is 2.52. The van der Waals surface area contributed by atoms with Gasteiger partial charge in [-0.3, -0.25) is 0 Å². The zero-order valence-electron chi connectivity index (χ0n) is 15.5. The Morgan fingerprint density at radius 1 is 0.650 bits per heavy atom. The first-order valence-electron chi connectivity index (χ1n) is 9.46. The molecule has 0 radical (unpaired) electrons. The summed E-state index contributed by atoms with van der Waals surface area (Å²) in [5.41, 5.74) is 0. The molecule has 0 N–H and O–H groups in total. The minimum Gasteiger partial charge on any atom is -0.0654 e. The standard InChI is InChI=1S/C20H42/c1-8-12-20(14-11-13-16(4)9-2)19(7)15-18(6)17(5)10-3/h16-20H,8-15H2,1-7H3. The van der Waals surface area contributed by atoms with E-state index < -0.39 is 0 Å². The van der Waals surface area contributed by atoms with Gasteiger partial charge in [-0.15, -0.1) is 0 Å². The number of rotatable bonds is 12. The average Bonchev–Trinajstić information content (AvgIpc) is 2.44. The second kappa shape index (κ2) is 11.6. The fraction of sp³-hybridized carbons (Fsp3) is 1.00. The highest BCUT2D eigenvalue weighted by atomic mass is 14.3. The van der Waals surface area contributed by atoms with Gasteiger partial charge in [-0.2, -0.15) is 0 Å². The first kappa shape index (κ1) is 20.0. The van der Waals surface area contributed by atoms with Crippen molar-refractivity contribution in [2.75, 3.05) is 0 Å². The van der Waals surface area contributed by atoms with Gasteiger partial charge in [0.1, 0.15) is 0 Å². The van der Waals surface area contributed by atoms with E-state index in [2.05, 4.69) is 48.5 Å². The van der Waals surface area contributed by atoms with Crippen molar-refractivity contribution >= 4 is 0 Å². The first-order chi connectivity index (χ1) is 9.46. The molecule has 0 fully saturated rings. The molecule has 0 saturated heterocycles. The number of hydrogen-bond donors (Lipinski definition) is 0. The molecule has 0 nitrogen and oxygen atoms in total. The summed E-state index contributed by atoms with van der Waals surface area (Å²) in [6, 6.07) is 0. The summed E-state index contributed by atoms with van der Waals surface area (Å²) in [5, 5.41) is 0. The summed E-state index contributed by atoms with van der Waals surface area (Å²) in [5.74, 6) is 4.59. The Morgan fingerprint density at radius 2 is 1.30 bits per heavy atom. The predicted molar refractivity (Wildman–Crippen MR) is 94.1 cm³/mol. The first-order valence-corrected chi connectivity index (χ1v) is 9.46. The second-order valence-electron chi connectivity index (χ2n) is 7.57. The van der Waals surface area contributed by atoms with E-state index in [1.54, 1.807) is 0 Å². The predicted octanol–water partition coefficient (Wildman–Crippen LogP) is 7.33. The van der Waals surface area contributed by atoms with Crippen LogP contribution >= 0.6 is 0 Å². The lowest BCUT2D eigenvalue weighted by Crippen LogP contribution is -2.18. The van der Waals surface area contributed by atoms with E-state index in [1.807, 2.05) is 0 Å². The van der Waals surface area contributed by atoms with Gasteiger partial charge in [0.2, 0.25) is 0 Å². The maximum Gasteiger partial charge on any atom is -0.0388 e. The molecule has 0 amide bonds. The van der Waals surface area contributed by atoms with Crippen molar-refractivity contribution in [2.24, 2.45) is 29.6 Å². The Bertz CT molecular complexity index is 208. The summed E-state index contributed by atoms with van der Waals surface area (Å²) in [4.78, 5) is 0. The van der Waals surface area contributed by atoms with Gasteiger partial charge in [0.25, 0.3) is 0 Å². The Morgan fingerprint density at radius 3 is 1.80 bits per heavy atom. The van der Waals surface area contributed by atoms with E-state index in [0.717, 1.165) is 29.6 Å². The molecule has 0 aliphatic carbocycles. The van der Waals surface area contributed by atoms with Crippen LogP contribution in [0.1, 0.15) is 99.8 Å². The van der Waals surface area contributed by atoms with Crippen LogP contribution in [0.5, 0.6) is 0 Å². The second-order valence-corrected chi connectivity index (χ2v) is 7.57. The molecule has 0 heterocycles. The van der Waals surface area contributed by atoms with Crippen molar-refractivity contribution in [1.82, 2.24) is 0 Å². The van der Waals surface area contributed by atoms with Crippen LogP contribution in [0.4, 0.5) is 0 Å². The maximum absolute atomic E-state index is 2.52. The Kier molecular flexibility index (Phi) is 11.6. The summed E-state index contributed by atoms with van der Waals surface area (Å²) >= 11 is 0. The summed E-state index contributed by atoms with van der Waals surface area (Å²) in [7, 11) is 0. The third-order valence-corrected chi connectivity index (χ3v) is 5.79. The van der Waals surface area contributed by atoms with Gasteiger partial charge in [-0.1, -0.05) is 93.4 Å². The molecule has 0 aliphatic heterocycles. The molecule has 5 unspecified atom stereocenters. The van der Waals surface area contributed by atoms with E-state index >= 15 is 0 Å². The van der Waals surface area contributed by atoms with Crippen LogP contribution in [-0.4, -0.2) is 0 Å². The van der Waals surface area contributed by atoms with Crippen molar-refractivity contribution in [1.29, 1.82) is 0 Å². The molecule has 0 aromatic rings. The third-order valence-electron chi connectivity index (χ3n) is 5.79. The molecule has 20 heavy (non-hydrogen) atoms.